The maximum Gasteiger partial charge on any atom is 0.410 e. The summed E-state index contributed by atoms with van der Waals surface area (Å²) in [6.45, 7) is 7.19. The van der Waals surface area contributed by atoms with Crippen LogP contribution in [-0.2, 0) is 28.6 Å². The lowest BCUT2D eigenvalue weighted by Crippen LogP contribution is -2.63. The lowest BCUT2D eigenvalue weighted by atomic mass is 9.94. The monoisotopic (exact) mass is 594 g/mol. The molecule has 1 aromatic heterocycles. The number of piperazine rings is 1. The van der Waals surface area contributed by atoms with Gasteiger partial charge in [-0.15, -0.1) is 12.8 Å². The number of rotatable bonds is 9. The van der Waals surface area contributed by atoms with Crippen molar-refractivity contribution >= 4 is 41.1 Å². The fraction of sp³-hybridized carbons (Fsp3) is 0.567. The molecular weight excluding hydrogens is 556 g/mol. The molecule has 13 nitrogen and oxygen atoms in total. The Morgan fingerprint density at radius 1 is 1.05 bits per heavy atom. The highest BCUT2D eigenvalue weighted by Gasteiger charge is 2.53. The fourth-order valence-electron chi connectivity index (χ4n) is 5.29. The van der Waals surface area contributed by atoms with Crippen LogP contribution in [0, 0.1) is 24.7 Å². The van der Waals surface area contributed by atoms with E-state index >= 15 is 0 Å². The van der Waals surface area contributed by atoms with Gasteiger partial charge in [0, 0.05) is 32.7 Å². The summed E-state index contributed by atoms with van der Waals surface area (Å²) in [7, 11) is 0. The van der Waals surface area contributed by atoms with E-state index in [2.05, 4.69) is 27.5 Å². The summed E-state index contributed by atoms with van der Waals surface area (Å²) in [5, 5.41) is 6.21. The standard InChI is InChI=1S/C30H38N6O7/c1-6-12-31-20-10-11-22(32-13-7-2)33-27(20)34-15-17-35(18-16-34)29(40)41-19-23(37)42-25-21-9-8-14-36(21)28(39)26(24(25)38)43-30(3,4)5/h1-2,10-11,21,25-26,31H,8-9,12-19H2,3-5H3,(H,32,33). The van der Waals surface area contributed by atoms with Gasteiger partial charge in [0.1, 0.15) is 5.82 Å². The number of pyridine rings is 1. The van der Waals surface area contributed by atoms with E-state index in [4.69, 9.17) is 27.1 Å². The first-order valence-electron chi connectivity index (χ1n) is 14.3. The van der Waals surface area contributed by atoms with E-state index in [0.717, 1.165) is 5.69 Å². The van der Waals surface area contributed by atoms with Crippen LogP contribution >= 0.6 is 0 Å². The van der Waals surface area contributed by atoms with Crippen LogP contribution in [0.2, 0.25) is 0 Å². The number of ketones is 1. The largest absolute Gasteiger partial charge is 0.449 e. The van der Waals surface area contributed by atoms with Crippen LogP contribution in [0.3, 0.4) is 0 Å². The first-order valence-corrected chi connectivity index (χ1v) is 14.3. The average Bonchev–Trinajstić information content (AvgIpc) is 3.48. The van der Waals surface area contributed by atoms with Gasteiger partial charge < -0.3 is 39.5 Å². The first kappa shape index (κ1) is 31.4. The second kappa shape index (κ2) is 13.7. The number of terminal acetylenes is 2. The van der Waals surface area contributed by atoms with E-state index in [9.17, 15) is 19.2 Å². The molecule has 2 amide bonds. The second-order valence-corrected chi connectivity index (χ2v) is 11.4. The van der Waals surface area contributed by atoms with Crippen molar-refractivity contribution < 1.29 is 33.4 Å². The van der Waals surface area contributed by atoms with Crippen LogP contribution in [0.5, 0.6) is 0 Å². The summed E-state index contributed by atoms with van der Waals surface area (Å²) >= 11 is 0. The summed E-state index contributed by atoms with van der Waals surface area (Å²) in [6, 6.07) is 3.11. The molecular formula is C30H38N6O7. The number of fused-ring (bicyclic) bond motifs is 1. The topological polar surface area (TPSA) is 143 Å². The second-order valence-electron chi connectivity index (χ2n) is 11.4. The van der Waals surface area contributed by atoms with Gasteiger partial charge in [0.15, 0.2) is 24.6 Å². The molecule has 3 aliphatic heterocycles. The molecule has 43 heavy (non-hydrogen) atoms. The molecule has 3 saturated heterocycles. The van der Waals surface area contributed by atoms with Gasteiger partial charge in [-0.2, -0.15) is 0 Å². The predicted octanol–water partition coefficient (Wildman–Crippen LogP) is 1.10. The number of Topliss-reactive ketones (excluding diaryl/α,β-unsaturated/α-hetero) is 1. The third-order valence-corrected chi connectivity index (χ3v) is 7.20. The maximum atomic E-state index is 13.2. The minimum absolute atomic E-state index is 0.318. The lowest BCUT2D eigenvalue weighted by molar-refractivity contribution is -0.185. The minimum atomic E-state index is -1.35. The van der Waals surface area contributed by atoms with Crippen LogP contribution in [0.25, 0.3) is 0 Å². The Hall–Kier alpha value is -4.49. The van der Waals surface area contributed by atoms with Crippen molar-refractivity contribution in [2.75, 3.05) is 68.0 Å². The highest BCUT2D eigenvalue weighted by molar-refractivity contribution is 6.09. The Morgan fingerprint density at radius 2 is 1.74 bits per heavy atom. The number of esters is 1. The van der Waals surface area contributed by atoms with Crippen LogP contribution in [0.4, 0.5) is 22.1 Å². The average molecular weight is 595 g/mol. The number of hydrogen-bond acceptors (Lipinski definition) is 11. The van der Waals surface area contributed by atoms with Crippen molar-refractivity contribution in [2.45, 2.75) is 57.5 Å². The number of carbonyl (C=O) groups excluding carboxylic acids is 4. The van der Waals surface area contributed by atoms with Gasteiger partial charge in [0.2, 0.25) is 5.78 Å². The van der Waals surface area contributed by atoms with Crippen molar-refractivity contribution in [3.05, 3.63) is 12.1 Å². The molecule has 0 aliphatic carbocycles. The van der Waals surface area contributed by atoms with Gasteiger partial charge in [-0.3, -0.25) is 9.59 Å². The van der Waals surface area contributed by atoms with Gasteiger partial charge in [-0.05, 0) is 45.7 Å². The third-order valence-electron chi connectivity index (χ3n) is 7.20. The molecule has 1 aromatic rings. The Kier molecular flexibility index (Phi) is 9.99. The van der Waals surface area contributed by atoms with Gasteiger partial charge >= 0.3 is 12.1 Å². The smallest absolute Gasteiger partial charge is 0.410 e. The molecule has 0 spiro atoms. The summed E-state index contributed by atoms with van der Waals surface area (Å²) < 4.78 is 16.5. The lowest BCUT2D eigenvalue weighted by Gasteiger charge is -2.40. The molecule has 0 radical (unpaired) electrons. The van der Waals surface area contributed by atoms with E-state index in [0.29, 0.717) is 70.3 Å². The summed E-state index contributed by atoms with van der Waals surface area (Å²) in [5.74, 6) is 4.45. The summed E-state index contributed by atoms with van der Waals surface area (Å²) in [6.07, 6.45) is 8.75. The Balaban J connectivity index is 1.31. The quantitative estimate of drug-likeness (QED) is 0.241. The number of piperidine rings is 1. The van der Waals surface area contributed by atoms with Gasteiger partial charge in [-0.25, -0.2) is 14.6 Å². The Bertz CT molecular complexity index is 1310. The number of nitrogens with zero attached hydrogens (tertiary/aromatic N) is 4. The number of nitrogens with one attached hydrogen (secondary N) is 2. The van der Waals surface area contributed by atoms with Crippen molar-refractivity contribution in [2.24, 2.45) is 0 Å². The molecule has 0 saturated carbocycles. The molecule has 2 N–H and O–H groups in total. The highest BCUT2D eigenvalue weighted by atomic mass is 16.6. The molecule has 13 heteroatoms. The van der Waals surface area contributed by atoms with E-state index < -0.39 is 54.2 Å². The maximum absolute atomic E-state index is 13.2. The molecule has 0 aromatic carbocycles. The van der Waals surface area contributed by atoms with Crippen molar-refractivity contribution in [3.8, 4) is 24.7 Å². The fourth-order valence-corrected chi connectivity index (χ4v) is 5.29. The van der Waals surface area contributed by atoms with Crippen LogP contribution < -0.4 is 15.5 Å². The van der Waals surface area contributed by atoms with Crippen LogP contribution in [0.15, 0.2) is 12.1 Å². The zero-order valence-corrected chi connectivity index (χ0v) is 24.8. The number of hydrogen-bond donors (Lipinski definition) is 2. The molecule has 3 atom stereocenters. The minimum Gasteiger partial charge on any atom is -0.449 e. The van der Waals surface area contributed by atoms with Crippen molar-refractivity contribution in [1.29, 1.82) is 0 Å². The van der Waals surface area contributed by atoms with E-state index in [1.54, 1.807) is 31.7 Å². The summed E-state index contributed by atoms with van der Waals surface area (Å²) in [5.41, 5.74) is -0.00776. The molecule has 0 bridgehead atoms. The third kappa shape index (κ3) is 7.67. The van der Waals surface area contributed by atoms with Crippen LogP contribution in [0.1, 0.15) is 33.6 Å². The van der Waals surface area contributed by atoms with E-state index in [1.807, 2.05) is 11.0 Å². The zero-order valence-electron chi connectivity index (χ0n) is 24.8. The summed E-state index contributed by atoms with van der Waals surface area (Å²) in [4.78, 5) is 61.2. The number of amides is 2. The Morgan fingerprint density at radius 3 is 2.42 bits per heavy atom. The normalized spacial score (nSPS) is 21.9. The molecule has 3 aliphatic rings. The van der Waals surface area contributed by atoms with Crippen molar-refractivity contribution in [3.63, 3.8) is 0 Å². The van der Waals surface area contributed by atoms with Crippen molar-refractivity contribution in [1.82, 2.24) is 14.8 Å². The number of carbonyl (C=O) groups is 4. The molecule has 4 heterocycles. The van der Waals surface area contributed by atoms with Gasteiger partial charge in [0.05, 0.1) is 30.4 Å². The molecule has 3 fully saturated rings. The predicted molar refractivity (Wildman–Crippen MR) is 158 cm³/mol. The SMILES string of the molecule is C#CCNc1ccc(NCC#C)c(N2CCN(C(=O)OCC(=O)OC3C(=O)C(OC(C)(C)C)C(=O)N4CCCC34)CC2)n1. The van der Waals surface area contributed by atoms with E-state index in [-0.39, 0.29) is 0 Å². The van der Waals surface area contributed by atoms with E-state index in [1.165, 1.54) is 4.90 Å². The van der Waals surface area contributed by atoms with Gasteiger partial charge in [0.25, 0.3) is 5.91 Å². The zero-order chi connectivity index (χ0) is 31.1. The first-order chi connectivity index (χ1) is 20.5. The highest BCUT2D eigenvalue weighted by Crippen LogP contribution is 2.31. The molecule has 4 rings (SSSR count). The number of anilines is 3. The van der Waals surface area contributed by atoms with Crippen LogP contribution in [-0.4, -0.2) is 115 Å². The molecule has 230 valence electrons. The number of ether oxygens (including phenoxy) is 3. The number of aromatic nitrogens is 1. The Labute approximate surface area is 251 Å². The van der Waals surface area contributed by atoms with Gasteiger partial charge in [-0.1, -0.05) is 11.8 Å². The molecule has 3 unspecified atom stereocenters.